The molecule has 2 aromatic rings. The monoisotopic (exact) mass is 428 g/mol. The van der Waals surface area contributed by atoms with Crippen molar-refractivity contribution in [1.82, 2.24) is 0 Å². The molecule has 0 fully saturated rings. The molecule has 0 saturated carbocycles. The van der Waals surface area contributed by atoms with Crippen LogP contribution in [-0.2, 0) is 12.8 Å². The van der Waals surface area contributed by atoms with Gasteiger partial charge in [-0.1, -0.05) is 24.3 Å². The van der Waals surface area contributed by atoms with E-state index in [1.807, 2.05) is 36.4 Å². The van der Waals surface area contributed by atoms with E-state index in [9.17, 15) is 10.2 Å². The van der Waals surface area contributed by atoms with Crippen molar-refractivity contribution in [3.05, 3.63) is 72.8 Å². The Labute approximate surface area is 184 Å². The molecule has 2 rings (SSSR count). The van der Waals surface area contributed by atoms with E-state index in [-0.39, 0.29) is 26.4 Å². The van der Waals surface area contributed by atoms with Crippen LogP contribution >= 0.6 is 0 Å². The standard InChI is InChI=1S/C25H32O6/c1-5-7-19-9-11-21(23(13-19)28-3)30-17-25(15-26,16-27)18-31-22-12-10-20(8-6-2)14-24(22)29-4/h5-6,9-14,26-27H,1-2,7-8,15-18H2,3-4H3. The van der Waals surface area contributed by atoms with E-state index >= 15 is 0 Å². The lowest BCUT2D eigenvalue weighted by molar-refractivity contribution is -0.0196. The van der Waals surface area contributed by atoms with Crippen LogP contribution in [0, 0.1) is 5.41 Å². The number of aliphatic hydroxyl groups excluding tert-OH is 2. The van der Waals surface area contributed by atoms with Crippen LogP contribution in [0.25, 0.3) is 0 Å². The van der Waals surface area contributed by atoms with Crippen LogP contribution in [0.5, 0.6) is 23.0 Å². The predicted molar refractivity (Wildman–Crippen MR) is 121 cm³/mol. The quantitative estimate of drug-likeness (QED) is 0.448. The molecule has 0 atom stereocenters. The largest absolute Gasteiger partial charge is 0.493 e. The Morgan fingerprint density at radius 3 is 1.48 bits per heavy atom. The second-order valence-corrected chi connectivity index (χ2v) is 7.35. The molecule has 0 spiro atoms. The summed E-state index contributed by atoms with van der Waals surface area (Å²) in [5.74, 6) is 2.19. The molecule has 0 bridgehead atoms. The molecule has 0 aliphatic rings. The van der Waals surface area contributed by atoms with Gasteiger partial charge in [-0.05, 0) is 48.2 Å². The molecule has 6 heteroatoms. The van der Waals surface area contributed by atoms with Crippen molar-refractivity contribution in [3.8, 4) is 23.0 Å². The number of hydrogen-bond acceptors (Lipinski definition) is 6. The third-order valence-electron chi connectivity index (χ3n) is 4.95. The highest BCUT2D eigenvalue weighted by molar-refractivity contribution is 5.44. The van der Waals surface area contributed by atoms with Gasteiger partial charge in [0.1, 0.15) is 13.2 Å². The maximum atomic E-state index is 10.0. The van der Waals surface area contributed by atoms with Gasteiger partial charge in [-0.3, -0.25) is 0 Å². The molecule has 6 nitrogen and oxygen atoms in total. The average Bonchev–Trinajstić information content (AvgIpc) is 2.81. The van der Waals surface area contributed by atoms with Crippen molar-refractivity contribution in [2.75, 3.05) is 40.6 Å². The molecule has 0 aliphatic heterocycles. The smallest absolute Gasteiger partial charge is 0.161 e. The highest BCUT2D eigenvalue weighted by atomic mass is 16.5. The Hall–Kier alpha value is -2.96. The SMILES string of the molecule is C=CCc1ccc(OCC(CO)(CO)COc2ccc(CC=C)cc2OC)c(OC)c1. The van der Waals surface area contributed by atoms with Gasteiger partial charge >= 0.3 is 0 Å². The topological polar surface area (TPSA) is 77.4 Å². The first-order valence-corrected chi connectivity index (χ1v) is 10.1. The summed E-state index contributed by atoms with van der Waals surface area (Å²) >= 11 is 0. The maximum absolute atomic E-state index is 10.0. The number of hydrogen-bond donors (Lipinski definition) is 2. The fourth-order valence-corrected chi connectivity index (χ4v) is 2.99. The summed E-state index contributed by atoms with van der Waals surface area (Å²) < 4.78 is 22.7. The van der Waals surface area contributed by atoms with Crippen molar-refractivity contribution in [2.24, 2.45) is 5.41 Å². The Bertz CT molecular complexity index is 790. The number of aliphatic hydroxyl groups is 2. The number of methoxy groups -OCH3 is 2. The molecular formula is C25H32O6. The van der Waals surface area contributed by atoms with Gasteiger partial charge in [0, 0.05) is 0 Å². The zero-order valence-electron chi connectivity index (χ0n) is 18.3. The molecule has 2 N–H and O–H groups in total. The minimum Gasteiger partial charge on any atom is -0.493 e. The van der Waals surface area contributed by atoms with Crippen LogP contribution in [-0.4, -0.2) is 50.9 Å². The van der Waals surface area contributed by atoms with Gasteiger partial charge in [0.15, 0.2) is 23.0 Å². The molecule has 31 heavy (non-hydrogen) atoms. The summed E-state index contributed by atoms with van der Waals surface area (Å²) in [7, 11) is 3.13. The number of allylic oxidation sites excluding steroid dienone is 2. The van der Waals surface area contributed by atoms with E-state index in [0.29, 0.717) is 23.0 Å². The molecule has 0 radical (unpaired) electrons. The summed E-state index contributed by atoms with van der Waals surface area (Å²) in [6.07, 6.45) is 5.06. The fourth-order valence-electron chi connectivity index (χ4n) is 2.99. The first kappa shape index (κ1) is 24.3. The van der Waals surface area contributed by atoms with E-state index in [2.05, 4.69) is 13.2 Å². The van der Waals surface area contributed by atoms with Crippen LogP contribution in [0.2, 0.25) is 0 Å². The number of ether oxygens (including phenoxy) is 4. The molecule has 0 amide bonds. The summed E-state index contributed by atoms with van der Waals surface area (Å²) in [5.41, 5.74) is 1.07. The van der Waals surface area contributed by atoms with Crippen LogP contribution in [0.3, 0.4) is 0 Å². The van der Waals surface area contributed by atoms with Crippen molar-refractivity contribution >= 4 is 0 Å². The summed E-state index contributed by atoms with van der Waals surface area (Å²) in [5, 5.41) is 20.0. The third kappa shape index (κ3) is 6.51. The van der Waals surface area contributed by atoms with Gasteiger partial charge in [-0.2, -0.15) is 0 Å². The predicted octanol–water partition coefficient (Wildman–Crippen LogP) is 3.59. The second-order valence-electron chi connectivity index (χ2n) is 7.35. The molecule has 2 aromatic carbocycles. The lowest BCUT2D eigenvalue weighted by Gasteiger charge is -2.30. The third-order valence-corrected chi connectivity index (χ3v) is 4.95. The molecule has 0 aliphatic carbocycles. The van der Waals surface area contributed by atoms with E-state index in [1.165, 1.54) is 0 Å². The van der Waals surface area contributed by atoms with Gasteiger partial charge in [0.05, 0.1) is 32.8 Å². The van der Waals surface area contributed by atoms with Crippen molar-refractivity contribution < 1.29 is 29.2 Å². The fraction of sp³-hybridized carbons (Fsp3) is 0.360. The lowest BCUT2D eigenvalue weighted by Crippen LogP contribution is -2.42. The van der Waals surface area contributed by atoms with E-state index in [4.69, 9.17) is 18.9 Å². The van der Waals surface area contributed by atoms with Gasteiger partial charge in [-0.15, -0.1) is 13.2 Å². The van der Waals surface area contributed by atoms with E-state index < -0.39 is 5.41 Å². The van der Waals surface area contributed by atoms with Crippen molar-refractivity contribution in [1.29, 1.82) is 0 Å². The summed E-state index contributed by atoms with van der Waals surface area (Å²) in [6, 6.07) is 11.2. The zero-order valence-corrected chi connectivity index (χ0v) is 18.3. The minimum atomic E-state index is -1.02. The lowest BCUT2D eigenvalue weighted by atomic mass is 9.92. The first-order valence-electron chi connectivity index (χ1n) is 10.1. The van der Waals surface area contributed by atoms with E-state index in [1.54, 1.807) is 26.4 Å². The molecular weight excluding hydrogens is 396 g/mol. The highest BCUT2D eigenvalue weighted by Gasteiger charge is 2.32. The Kier molecular flexibility index (Phi) is 9.43. The van der Waals surface area contributed by atoms with Crippen LogP contribution in [0.1, 0.15) is 11.1 Å². The normalized spacial score (nSPS) is 11.0. The van der Waals surface area contributed by atoms with Crippen LogP contribution in [0.4, 0.5) is 0 Å². The molecule has 168 valence electrons. The van der Waals surface area contributed by atoms with Gasteiger partial charge in [-0.25, -0.2) is 0 Å². The van der Waals surface area contributed by atoms with Crippen molar-refractivity contribution in [2.45, 2.75) is 12.8 Å². The molecule has 0 aromatic heterocycles. The molecule has 0 unspecified atom stereocenters. The zero-order chi connectivity index (χ0) is 22.7. The van der Waals surface area contributed by atoms with Gasteiger partial charge in [0.25, 0.3) is 0 Å². The van der Waals surface area contributed by atoms with Crippen LogP contribution in [0.15, 0.2) is 61.7 Å². The van der Waals surface area contributed by atoms with Gasteiger partial charge < -0.3 is 29.2 Å². The van der Waals surface area contributed by atoms with Gasteiger partial charge in [0.2, 0.25) is 0 Å². The second kappa shape index (κ2) is 12.0. The first-order chi connectivity index (χ1) is 15.0. The molecule has 0 heterocycles. The Morgan fingerprint density at radius 2 is 1.16 bits per heavy atom. The van der Waals surface area contributed by atoms with Crippen LogP contribution < -0.4 is 18.9 Å². The molecule has 0 saturated heterocycles. The summed E-state index contributed by atoms with van der Waals surface area (Å²) in [6.45, 7) is 6.91. The average molecular weight is 429 g/mol. The van der Waals surface area contributed by atoms with E-state index in [0.717, 1.165) is 24.0 Å². The number of rotatable bonds is 14. The summed E-state index contributed by atoms with van der Waals surface area (Å²) in [4.78, 5) is 0. The highest BCUT2D eigenvalue weighted by Crippen LogP contribution is 2.32. The Morgan fingerprint density at radius 1 is 0.742 bits per heavy atom. The minimum absolute atomic E-state index is 0.0357. The number of benzene rings is 2. The maximum Gasteiger partial charge on any atom is 0.161 e. The van der Waals surface area contributed by atoms with Crippen molar-refractivity contribution in [3.63, 3.8) is 0 Å². The Balaban J connectivity index is 2.12.